The van der Waals surface area contributed by atoms with E-state index in [1.165, 1.54) is 0 Å². The van der Waals surface area contributed by atoms with Crippen LogP contribution in [0.15, 0.2) is 23.3 Å². The molecule has 0 saturated heterocycles. The minimum atomic E-state index is 0.818. The Labute approximate surface area is 73.5 Å². The molecule has 0 atom stereocenters. The summed E-state index contributed by atoms with van der Waals surface area (Å²) >= 11 is 3.36. The Morgan fingerprint density at radius 3 is 3.27 bits per heavy atom. The van der Waals surface area contributed by atoms with Crippen molar-refractivity contribution in [1.82, 2.24) is 4.98 Å². The highest BCUT2D eigenvalue weighted by atomic mass is 79.9. The maximum Gasteiger partial charge on any atom is 0.133 e. The van der Waals surface area contributed by atoms with Gasteiger partial charge < -0.3 is 5.32 Å². The molecule has 0 aliphatic carbocycles. The maximum absolute atomic E-state index is 4.19. The van der Waals surface area contributed by atoms with Crippen molar-refractivity contribution >= 4 is 27.3 Å². The molecule has 2 heterocycles. The van der Waals surface area contributed by atoms with E-state index in [0.29, 0.717) is 0 Å². The first-order valence-electron chi connectivity index (χ1n) is 3.35. The van der Waals surface area contributed by atoms with Gasteiger partial charge in [0.1, 0.15) is 5.82 Å². The summed E-state index contributed by atoms with van der Waals surface area (Å²) in [6.45, 7) is 4.73. The van der Waals surface area contributed by atoms with Crippen molar-refractivity contribution in [1.29, 1.82) is 0 Å². The van der Waals surface area contributed by atoms with Gasteiger partial charge in [0.25, 0.3) is 0 Å². The van der Waals surface area contributed by atoms with Crippen LogP contribution in [0.1, 0.15) is 5.56 Å². The van der Waals surface area contributed by atoms with Gasteiger partial charge in [-0.15, -0.1) is 0 Å². The van der Waals surface area contributed by atoms with Gasteiger partial charge in [0.15, 0.2) is 0 Å². The van der Waals surface area contributed by atoms with Gasteiger partial charge in [-0.1, -0.05) is 6.58 Å². The molecular weight excluding hydrogens is 204 g/mol. The van der Waals surface area contributed by atoms with Crippen molar-refractivity contribution < 1.29 is 0 Å². The maximum atomic E-state index is 4.19. The van der Waals surface area contributed by atoms with Crippen LogP contribution in [-0.4, -0.2) is 11.5 Å². The molecule has 1 aromatic rings. The predicted molar refractivity (Wildman–Crippen MR) is 49.5 cm³/mol. The highest BCUT2D eigenvalue weighted by molar-refractivity contribution is 9.10. The molecule has 1 aromatic heterocycles. The fourth-order valence-corrected chi connectivity index (χ4v) is 1.47. The van der Waals surface area contributed by atoms with Gasteiger partial charge in [-0.05, 0) is 27.6 Å². The molecule has 0 unspecified atom stereocenters. The lowest BCUT2D eigenvalue weighted by molar-refractivity contribution is 1.28. The SMILES string of the molecule is C=C1CNc2ncc(Br)cc21. The molecule has 2 rings (SSSR count). The monoisotopic (exact) mass is 210 g/mol. The lowest BCUT2D eigenvalue weighted by Crippen LogP contribution is -1.91. The number of anilines is 1. The number of halogens is 1. The Balaban J connectivity index is 2.60. The third-order valence-corrected chi connectivity index (χ3v) is 2.14. The molecule has 3 heteroatoms. The van der Waals surface area contributed by atoms with E-state index >= 15 is 0 Å². The van der Waals surface area contributed by atoms with Gasteiger partial charge in [-0.2, -0.15) is 0 Å². The van der Waals surface area contributed by atoms with Gasteiger partial charge >= 0.3 is 0 Å². The van der Waals surface area contributed by atoms with Gasteiger partial charge in [0.05, 0.1) is 0 Å². The van der Waals surface area contributed by atoms with E-state index in [2.05, 4.69) is 32.8 Å². The summed E-state index contributed by atoms with van der Waals surface area (Å²) in [4.78, 5) is 4.19. The summed E-state index contributed by atoms with van der Waals surface area (Å²) in [6.07, 6.45) is 1.78. The van der Waals surface area contributed by atoms with E-state index in [4.69, 9.17) is 0 Å². The zero-order valence-electron chi connectivity index (χ0n) is 5.89. The number of fused-ring (bicyclic) bond motifs is 1. The number of pyridine rings is 1. The van der Waals surface area contributed by atoms with Gasteiger partial charge in [-0.3, -0.25) is 0 Å². The fourth-order valence-electron chi connectivity index (χ4n) is 1.14. The zero-order valence-corrected chi connectivity index (χ0v) is 7.48. The molecule has 11 heavy (non-hydrogen) atoms. The van der Waals surface area contributed by atoms with Crippen LogP contribution in [0.3, 0.4) is 0 Å². The predicted octanol–water partition coefficient (Wildman–Crippen LogP) is 2.28. The van der Waals surface area contributed by atoms with E-state index in [1.807, 2.05) is 6.07 Å². The minimum Gasteiger partial charge on any atom is -0.365 e. The quantitative estimate of drug-likeness (QED) is 0.711. The molecule has 2 nitrogen and oxygen atoms in total. The number of nitrogens with one attached hydrogen (secondary N) is 1. The second-order valence-corrected chi connectivity index (χ2v) is 3.42. The molecule has 1 aliphatic heterocycles. The van der Waals surface area contributed by atoms with Crippen molar-refractivity contribution in [3.8, 4) is 0 Å². The Morgan fingerprint density at radius 2 is 2.45 bits per heavy atom. The highest BCUT2D eigenvalue weighted by Crippen LogP contribution is 2.29. The molecule has 0 spiro atoms. The topological polar surface area (TPSA) is 24.9 Å². The van der Waals surface area contributed by atoms with Crippen molar-refractivity contribution in [2.45, 2.75) is 0 Å². The summed E-state index contributed by atoms with van der Waals surface area (Å²) in [7, 11) is 0. The highest BCUT2D eigenvalue weighted by Gasteiger charge is 2.14. The van der Waals surface area contributed by atoms with Crippen molar-refractivity contribution in [2.24, 2.45) is 0 Å². The van der Waals surface area contributed by atoms with E-state index in [0.717, 1.165) is 28.0 Å². The summed E-state index contributed by atoms with van der Waals surface area (Å²) in [5.41, 5.74) is 2.23. The van der Waals surface area contributed by atoms with Crippen molar-refractivity contribution in [3.05, 3.63) is 28.9 Å². The van der Waals surface area contributed by atoms with Crippen molar-refractivity contribution in [2.75, 3.05) is 11.9 Å². The van der Waals surface area contributed by atoms with Crippen molar-refractivity contribution in [3.63, 3.8) is 0 Å². The van der Waals surface area contributed by atoms with Crippen LogP contribution in [0.2, 0.25) is 0 Å². The molecule has 0 amide bonds. The molecular formula is C8H7BrN2. The summed E-state index contributed by atoms with van der Waals surface area (Å²) in [5, 5.41) is 3.15. The van der Waals surface area contributed by atoms with Crippen LogP contribution in [0, 0.1) is 0 Å². The second kappa shape index (κ2) is 2.34. The van der Waals surface area contributed by atoms with E-state index in [-0.39, 0.29) is 0 Å². The van der Waals surface area contributed by atoms with Crippen LogP contribution < -0.4 is 5.32 Å². The van der Waals surface area contributed by atoms with E-state index in [9.17, 15) is 0 Å². The normalized spacial score (nSPS) is 14.5. The summed E-state index contributed by atoms with van der Waals surface area (Å²) < 4.78 is 1.00. The second-order valence-electron chi connectivity index (χ2n) is 2.51. The number of nitrogens with zero attached hydrogens (tertiary/aromatic N) is 1. The third kappa shape index (κ3) is 1.05. The third-order valence-electron chi connectivity index (χ3n) is 1.70. The molecule has 1 N–H and O–H groups in total. The fraction of sp³-hybridized carbons (Fsp3) is 0.125. The number of aromatic nitrogens is 1. The average molecular weight is 211 g/mol. The van der Waals surface area contributed by atoms with E-state index < -0.39 is 0 Å². The standard InChI is InChI=1S/C8H7BrN2/c1-5-3-10-8-7(5)2-6(9)4-11-8/h2,4H,1,3H2,(H,10,11). The van der Waals surface area contributed by atoms with Gasteiger partial charge in [0, 0.05) is 22.8 Å². The lowest BCUT2D eigenvalue weighted by atomic mass is 10.2. The van der Waals surface area contributed by atoms with Crippen LogP contribution in [0.25, 0.3) is 5.57 Å². The molecule has 1 aliphatic rings. The Hall–Kier alpha value is -0.830. The van der Waals surface area contributed by atoms with Gasteiger partial charge in [-0.25, -0.2) is 4.98 Å². The number of hydrogen-bond donors (Lipinski definition) is 1. The Kier molecular flexibility index (Phi) is 1.46. The first-order chi connectivity index (χ1) is 5.27. The number of hydrogen-bond acceptors (Lipinski definition) is 2. The summed E-state index contributed by atoms with van der Waals surface area (Å²) in [6, 6.07) is 2.03. The first kappa shape index (κ1) is 6.85. The van der Waals surface area contributed by atoms with Crippen LogP contribution in [0.5, 0.6) is 0 Å². The molecule has 0 bridgehead atoms. The number of rotatable bonds is 0. The van der Waals surface area contributed by atoms with Gasteiger partial charge in [0.2, 0.25) is 0 Å². The molecule has 0 radical (unpaired) electrons. The molecule has 0 aromatic carbocycles. The zero-order chi connectivity index (χ0) is 7.84. The molecule has 56 valence electrons. The lowest BCUT2D eigenvalue weighted by Gasteiger charge is -1.96. The largest absolute Gasteiger partial charge is 0.365 e. The average Bonchev–Trinajstić information content (AvgIpc) is 2.33. The Morgan fingerprint density at radius 1 is 1.64 bits per heavy atom. The molecule has 0 fully saturated rings. The smallest absolute Gasteiger partial charge is 0.133 e. The molecule has 0 saturated carbocycles. The first-order valence-corrected chi connectivity index (χ1v) is 4.14. The van der Waals surface area contributed by atoms with Crippen LogP contribution in [-0.2, 0) is 0 Å². The Bertz CT molecular complexity index is 320. The van der Waals surface area contributed by atoms with E-state index in [1.54, 1.807) is 6.20 Å². The minimum absolute atomic E-state index is 0.818. The van der Waals surface area contributed by atoms with Crippen LogP contribution in [0.4, 0.5) is 5.82 Å². The summed E-state index contributed by atoms with van der Waals surface area (Å²) in [5.74, 6) is 0.943. The van der Waals surface area contributed by atoms with Crippen LogP contribution >= 0.6 is 15.9 Å².